The maximum atomic E-state index is 12.7. The molecule has 0 radical (unpaired) electrons. The van der Waals surface area contributed by atoms with Crippen LogP contribution in [0, 0.1) is 6.92 Å². The number of carbonyl (C=O) groups is 1. The van der Waals surface area contributed by atoms with Gasteiger partial charge in [-0.15, -0.1) is 0 Å². The Labute approximate surface area is 158 Å². The van der Waals surface area contributed by atoms with Gasteiger partial charge in [-0.25, -0.2) is 9.97 Å². The summed E-state index contributed by atoms with van der Waals surface area (Å²) in [6.45, 7) is 3.37. The normalized spacial score (nSPS) is 14.9. The molecule has 0 atom stereocenters. The van der Waals surface area contributed by atoms with Gasteiger partial charge < -0.3 is 4.90 Å². The van der Waals surface area contributed by atoms with Crippen molar-refractivity contribution in [1.29, 1.82) is 0 Å². The van der Waals surface area contributed by atoms with Crippen LogP contribution < -0.4 is 0 Å². The molecule has 0 aliphatic carbocycles. The molecule has 0 unspecified atom stereocenters. The summed E-state index contributed by atoms with van der Waals surface area (Å²) in [4.78, 5) is 31.8. The van der Waals surface area contributed by atoms with E-state index < -0.39 is 0 Å². The molecule has 0 saturated carbocycles. The molecule has 3 aromatic heterocycles. The van der Waals surface area contributed by atoms with Crippen LogP contribution in [0.3, 0.4) is 0 Å². The molecule has 0 aromatic carbocycles. The van der Waals surface area contributed by atoms with Crippen LogP contribution in [0.2, 0.25) is 0 Å². The summed E-state index contributed by atoms with van der Waals surface area (Å²) in [6, 6.07) is 7.51. The molecule has 4 heterocycles. The van der Waals surface area contributed by atoms with Gasteiger partial charge in [-0.3, -0.25) is 14.8 Å². The number of pyridine rings is 2. The zero-order valence-corrected chi connectivity index (χ0v) is 15.2. The molecule has 4 rings (SSSR count). The smallest absolute Gasteiger partial charge is 0.253 e. The highest BCUT2D eigenvalue weighted by molar-refractivity contribution is 5.94. The number of rotatable bonds is 3. The molecule has 1 aliphatic heterocycles. The van der Waals surface area contributed by atoms with Gasteiger partial charge in [0.1, 0.15) is 5.82 Å². The van der Waals surface area contributed by atoms with Crippen molar-refractivity contribution in [2.75, 3.05) is 13.1 Å². The molecule has 1 amide bonds. The van der Waals surface area contributed by atoms with E-state index in [4.69, 9.17) is 4.98 Å². The van der Waals surface area contributed by atoms with E-state index in [2.05, 4.69) is 15.0 Å². The number of hydrogen-bond acceptors (Lipinski definition) is 5. The molecule has 27 heavy (non-hydrogen) atoms. The molecule has 0 spiro atoms. The first-order valence-corrected chi connectivity index (χ1v) is 9.15. The number of aryl methyl sites for hydroxylation is 1. The summed E-state index contributed by atoms with van der Waals surface area (Å²) in [5.74, 6) is 1.17. The van der Waals surface area contributed by atoms with Gasteiger partial charge in [0, 0.05) is 61.1 Å². The van der Waals surface area contributed by atoms with Gasteiger partial charge in [0.15, 0.2) is 0 Å². The second-order valence-corrected chi connectivity index (χ2v) is 6.75. The van der Waals surface area contributed by atoms with Crippen molar-refractivity contribution in [3.8, 4) is 11.1 Å². The second-order valence-electron chi connectivity index (χ2n) is 6.75. The third-order valence-corrected chi connectivity index (χ3v) is 5.03. The zero-order valence-electron chi connectivity index (χ0n) is 15.2. The Kier molecular flexibility index (Phi) is 4.87. The van der Waals surface area contributed by atoms with E-state index in [0.717, 1.165) is 48.6 Å². The first-order valence-electron chi connectivity index (χ1n) is 9.15. The molecule has 1 fully saturated rings. The third kappa shape index (κ3) is 3.69. The third-order valence-electron chi connectivity index (χ3n) is 5.03. The van der Waals surface area contributed by atoms with Gasteiger partial charge in [-0.1, -0.05) is 0 Å². The van der Waals surface area contributed by atoms with E-state index in [1.54, 1.807) is 36.9 Å². The number of nitrogens with zero attached hydrogens (tertiary/aromatic N) is 5. The molecule has 3 aromatic rings. The molecule has 1 saturated heterocycles. The fraction of sp³-hybridized carbons (Fsp3) is 0.286. The van der Waals surface area contributed by atoms with E-state index in [9.17, 15) is 4.79 Å². The first-order chi connectivity index (χ1) is 13.2. The SMILES string of the molecule is Cc1ncc(-c2ccncc2)c(C2CCN(C(=O)c3ccncc3)CC2)n1. The molecule has 0 N–H and O–H groups in total. The van der Waals surface area contributed by atoms with Gasteiger partial charge in [-0.2, -0.15) is 0 Å². The summed E-state index contributed by atoms with van der Waals surface area (Å²) >= 11 is 0. The molecule has 6 nitrogen and oxygen atoms in total. The van der Waals surface area contributed by atoms with Crippen LogP contribution in [0.1, 0.15) is 40.6 Å². The standard InChI is InChI=1S/C21H21N5O/c1-15-24-14-19(16-2-8-22-9-3-16)20(25-15)17-6-12-26(13-7-17)21(27)18-4-10-23-11-5-18/h2-5,8-11,14,17H,6-7,12-13H2,1H3. The number of amides is 1. The average molecular weight is 359 g/mol. The van der Waals surface area contributed by atoms with E-state index in [1.165, 1.54) is 0 Å². The van der Waals surface area contributed by atoms with Gasteiger partial charge in [0.25, 0.3) is 5.91 Å². The molecule has 1 aliphatic rings. The first kappa shape index (κ1) is 17.3. The lowest BCUT2D eigenvalue weighted by Gasteiger charge is -2.32. The van der Waals surface area contributed by atoms with E-state index >= 15 is 0 Å². The van der Waals surface area contributed by atoms with Crippen LogP contribution >= 0.6 is 0 Å². The Bertz CT molecular complexity index is 922. The van der Waals surface area contributed by atoms with Crippen molar-refractivity contribution in [2.24, 2.45) is 0 Å². The van der Waals surface area contributed by atoms with Crippen LogP contribution in [-0.2, 0) is 0 Å². The van der Waals surface area contributed by atoms with Crippen molar-refractivity contribution in [3.05, 3.63) is 72.3 Å². The van der Waals surface area contributed by atoms with Gasteiger partial charge in [-0.05, 0) is 49.6 Å². The summed E-state index contributed by atoms with van der Waals surface area (Å²) in [7, 11) is 0. The van der Waals surface area contributed by atoms with Crippen molar-refractivity contribution < 1.29 is 4.79 Å². The summed E-state index contributed by atoms with van der Waals surface area (Å²) in [6.07, 6.45) is 10.6. The quantitative estimate of drug-likeness (QED) is 0.718. The minimum absolute atomic E-state index is 0.0732. The van der Waals surface area contributed by atoms with Crippen molar-refractivity contribution >= 4 is 5.91 Å². The van der Waals surface area contributed by atoms with Gasteiger partial charge >= 0.3 is 0 Å². The van der Waals surface area contributed by atoms with Crippen LogP contribution in [0.5, 0.6) is 0 Å². The second kappa shape index (κ2) is 7.61. The molecule has 136 valence electrons. The maximum absolute atomic E-state index is 12.7. The predicted octanol–water partition coefficient (Wildman–Crippen LogP) is 3.26. The zero-order chi connectivity index (χ0) is 18.6. The maximum Gasteiger partial charge on any atom is 0.253 e. The Hall–Kier alpha value is -3.15. The lowest BCUT2D eigenvalue weighted by molar-refractivity contribution is 0.0712. The highest BCUT2D eigenvalue weighted by Crippen LogP contribution is 2.33. The average Bonchev–Trinajstić information content (AvgIpc) is 2.74. The topological polar surface area (TPSA) is 71.9 Å². The van der Waals surface area contributed by atoms with Crippen LogP contribution in [0.4, 0.5) is 0 Å². The largest absolute Gasteiger partial charge is 0.339 e. The van der Waals surface area contributed by atoms with Gasteiger partial charge in [0.05, 0.1) is 5.69 Å². The fourth-order valence-corrected chi connectivity index (χ4v) is 3.59. The van der Waals surface area contributed by atoms with Crippen molar-refractivity contribution in [3.63, 3.8) is 0 Å². The lowest BCUT2D eigenvalue weighted by atomic mass is 9.89. The minimum atomic E-state index is 0.0732. The van der Waals surface area contributed by atoms with E-state index in [-0.39, 0.29) is 5.91 Å². The van der Waals surface area contributed by atoms with E-state index in [1.807, 2.05) is 30.2 Å². The minimum Gasteiger partial charge on any atom is -0.339 e. The summed E-state index contributed by atoms with van der Waals surface area (Å²) < 4.78 is 0. The predicted molar refractivity (Wildman–Crippen MR) is 102 cm³/mol. The number of likely N-dealkylation sites (tertiary alicyclic amines) is 1. The van der Waals surface area contributed by atoms with E-state index in [0.29, 0.717) is 11.5 Å². The van der Waals surface area contributed by atoms with Crippen molar-refractivity contribution in [1.82, 2.24) is 24.8 Å². The Balaban J connectivity index is 1.53. The highest BCUT2D eigenvalue weighted by atomic mass is 16.2. The number of piperidine rings is 1. The summed E-state index contributed by atoms with van der Waals surface area (Å²) in [5.41, 5.74) is 3.90. The number of aromatic nitrogens is 4. The molecular weight excluding hydrogens is 338 g/mol. The Morgan fingerprint density at radius 1 is 1.00 bits per heavy atom. The highest BCUT2D eigenvalue weighted by Gasteiger charge is 2.27. The number of hydrogen-bond donors (Lipinski definition) is 0. The van der Waals surface area contributed by atoms with Crippen molar-refractivity contribution in [2.45, 2.75) is 25.7 Å². The molecular formula is C21H21N5O. The molecule has 0 bridgehead atoms. The van der Waals surface area contributed by atoms with Crippen LogP contribution in [-0.4, -0.2) is 43.8 Å². The molecule has 6 heteroatoms. The van der Waals surface area contributed by atoms with Gasteiger partial charge in [0.2, 0.25) is 0 Å². The number of carbonyl (C=O) groups excluding carboxylic acids is 1. The lowest BCUT2D eigenvalue weighted by Crippen LogP contribution is -2.38. The monoisotopic (exact) mass is 359 g/mol. The Morgan fingerprint density at radius 2 is 1.63 bits per heavy atom. The van der Waals surface area contributed by atoms with Crippen LogP contribution in [0.25, 0.3) is 11.1 Å². The fourth-order valence-electron chi connectivity index (χ4n) is 3.59. The summed E-state index contributed by atoms with van der Waals surface area (Å²) in [5, 5.41) is 0. The van der Waals surface area contributed by atoms with Crippen LogP contribution in [0.15, 0.2) is 55.2 Å². The Morgan fingerprint density at radius 3 is 2.30 bits per heavy atom.